The zero-order valence-corrected chi connectivity index (χ0v) is 14.1. The molecule has 0 fully saturated rings. The van der Waals surface area contributed by atoms with Crippen molar-refractivity contribution in [2.75, 3.05) is 0 Å². The van der Waals surface area contributed by atoms with Gasteiger partial charge in [-0.05, 0) is 33.5 Å². The molecule has 1 aliphatic rings. The first-order valence-electron chi connectivity index (χ1n) is 6.39. The molecule has 0 aromatic carbocycles. The summed E-state index contributed by atoms with van der Waals surface area (Å²) in [5.74, 6) is 0.0641. The summed E-state index contributed by atoms with van der Waals surface area (Å²) in [5.41, 5.74) is -2.34. The fraction of sp³-hybridized carbons (Fsp3) is 0.800. The van der Waals surface area contributed by atoms with Gasteiger partial charge in [-0.15, -0.1) is 10.2 Å². The zero-order valence-electron chi connectivity index (χ0n) is 13.1. The molecule has 0 aliphatic carbocycles. The third kappa shape index (κ3) is 4.28. The number of amidine groups is 1. The van der Waals surface area contributed by atoms with Crippen molar-refractivity contribution in [1.82, 2.24) is 0 Å². The van der Waals surface area contributed by atoms with Gasteiger partial charge in [-0.3, -0.25) is 5.41 Å². The maximum Gasteiger partial charge on any atom is 0.243 e. The van der Waals surface area contributed by atoms with E-state index in [1.54, 1.807) is 13.8 Å². The summed E-state index contributed by atoms with van der Waals surface area (Å²) in [5, 5.41) is 38.4. The Hall–Kier alpha value is -1.92. The lowest BCUT2D eigenvalue weighted by atomic mass is 9.82. The topological polar surface area (TPSA) is 154 Å². The van der Waals surface area contributed by atoms with E-state index < -0.39 is 19.4 Å². The van der Waals surface area contributed by atoms with E-state index in [1.807, 2.05) is 19.6 Å². The second kappa shape index (κ2) is 6.45. The first kappa shape index (κ1) is 18.1. The SMILES string of the molecule is CC1(N=NOO)CC(C)(N=NOO)C(O[Si](C)(C)C)=NC1=N. The van der Waals surface area contributed by atoms with E-state index in [0.29, 0.717) is 0 Å². The quantitative estimate of drug-likeness (QED) is 0.305. The third-order valence-electron chi connectivity index (χ3n) is 2.87. The van der Waals surface area contributed by atoms with E-state index in [2.05, 4.69) is 35.8 Å². The molecular weight excluding hydrogens is 312 g/mol. The van der Waals surface area contributed by atoms with Gasteiger partial charge in [-0.25, -0.2) is 9.98 Å². The molecule has 11 nitrogen and oxygen atoms in total. The fourth-order valence-corrected chi connectivity index (χ4v) is 2.82. The Bertz CT molecular complexity index is 518. The van der Waals surface area contributed by atoms with Gasteiger partial charge < -0.3 is 4.43 Å². The Morgan fingerprint density at radius 1 is 1.09 bits per heavy atom. The van der Waals surface area contributed by atoms with E-state index in [9.17, 15) is 0 Å². The van der Waals surface area contributed by atoms with E-state index >= 15 is 0 Å². The van der Waals surface area contributed by atoms with E-state index in [0.717, 1.165) is 0 Å². The molecule has 0 saturated carbocycles. The van der Waals surface area contributed by atoms with Gasteiger partial charge in [-0.1, -0.05) is 0 Å². The smallest absolute Gasteiger partial charge is 0.243 e. The average molecular weight is 332 g/mol. The minimum absolute atomic E-state index is 0.0991. The predicted octanol–water partition coefficient (Wildman–Crippen LogP) is 2.85. The van der Waals surface area contributed by atoms with Crippen LogP contribution in [0.4, 0.5) is 0 Å². The van der Waals surface area contributed by atoms with Gasteiger partial charge in [0.1, 0.15) is 5.54 Å². The molecule has 0 saturated heterocycles. The maximum absolute atomic E-state index is 8.38. The molecule has 0 bridgehead atoms. The first-order valence-corrected chi connectivity index (χ1v) is 9.80. The van der Waals surface area contributed by atoms with Gasteiger partial charge in [0.25, 0.3) is 0 Å². The lowest BCUT2D eigenvalue weighted by molar-refractivity contribution is -0.253. The Morgan fingerprint density at radius 2 is 1.59 bits per heavy atom. The molecule has 0 aromatic heterocycles. The van der Waals surface area contributed by atoms with Crippen LogP contribution >= 0.6 is 0 Å². The molecular formula is C10H20N6O5Si. The minimum atomic E-state index is -2.03. The van der Waals surface area contributed by atoms with Crippen molar-refractivity contribution < 1.29 is 24.9 Å². The Morgan fingerprint density at radius 3 is 2.05 bits per heavy atom. The van der Waals surface area contributed by atoms with Crippen LogP contribution in [0.1, 0.15) is 20.3 Å². The normalized spacial score (nSPS) is 29.8. The molecule has 2 atom stereocenters. The number of nitrogens with zero attached hydrogens (tertiary/aromatic N) is 5. The summed E-state index contributed by atoms with van der Waals surface area (Å²) in [6, 6.07) is 0. The molecule has 1 rings (SSSR count). The number of rotatable bonds is 5. The largest absolute Gasteiger partial charge is 0.533 e. The highest BCUT2D eigenvalue weighted by molar-refractivity contribution is 6.71. The maximum atomic E-state index is 8.38. The highest BCUT2D eigenvalue weighted by Crippen LogP contribution is 2.36. The first-order chi connectivity index (χ1) is 10.1. The Balaban J connectivity index is 3.29. The van der Waals surface area contributed by atoms with Crippen LogP contribution in [-0.4, -0.2) is 41.6 Å². The number of aliphatic imine (C=N–C) groups is 1. The highest BCUT2D eigenvalue weighted by Gasteiger charge is 2.49. The van der Waals surface area contributed by atoms with Crippen molar-refractivity contribution in [2.45, 2.75) is 51.0 Å². The molecule has 124 valence electrons. The van der Waals surface area contributed by atoms with Crippen LogP contribution in [0.25, 0.3) is 0 Å². The standard InChI is InChI=1S/C10H20N6O5Si/c1-9(13-15-20-17)6-10(2,14-16-21-18)8(12-7(9)11)19-22(3,4)5/h11,17-18H,6H2,1-5H3. The number of nitrogens with one attached hydrogen (secondary N) is 1. The summed E-state index contributed by atoms with van der Waals surface area (Å²) in [7, 11) is -2.03. The van der Waals surface area contributed by atoms with Crippen LogP contribution in [0, 0.1) is 5.41 Å². The Kier molecular flexibility index (Phi) is 5.32. The van der Waals surface area contributed by atoms with Crippen molar-refractivity contribution >= 4 is 20.1 Å². The molecule has 2 unspecified atom stereocenters. The number of hydrogen-bond donors (Lipinski definition) is 3. The summed E-state index contributed by atoms with van der Waals surface area (Å²) in [6.07, 6.45) is 0.0991. The van der Waals surface area contributed by atoms with Crippen molar-refractivity contribution in [1.29, 1.82) is 5.41 Å². The lowest BCUT2D eigenvalue weighted by Crippen LogP contribution is -2.52. The molecule has 1 heterocycles. The summed E-state index contributed by atoms with van der Waals surface area (Å²) in [4.78, 5) is 11.3. The molecule has 1 aliphatic heterocycles. The van der Waals surface area contributed by atoms with Gasteiger partial charge in [0.2, 0.25) is 14.2 Å². The van der Waals surface area contributed by atoms with E-state index in [1.165, 1.54) is 0 Å². The second-order valence-electron chi connectivity index (χ2n) is 6.23. The van der Waals surface area contributed by atoms with Crippen molar-refractivity contribution in [3.8, 4) is 0 Å². The van der Waals surface area contributed by atoms with Crippen molar-refractivity contribution in [3.63, 3.8) is 0 Å². The highest BCUT2D eigenvalue weighted by atomic mass is 28.4. The summed E-state index contributed by atoms with van der Waals surface area (Å²) in [6.45, 7) is 9.07. The van der Waals surface area contributed by atoms with Gasteiger partial charge in [-0.2, -0.15) is 15.5 Å². The van der Waals surface area contributed by atoms with E-state index in [4.69, 9.17) is 20.3 Å². The van der Waals surface area contributed by atoms with Crippen LogP contribution in [0.5, 0.6) is 0 Å². The van der Waals surface area contributed by atoms with Crippen molar-refractivity contribution in [3.05, 3.63) is 0 Å². The lowest BCUT2D eigenvalue weighted by Gasteiger charge is -2.38. The zero-order chi connectivity index (χ0) is 17.0. The molecule has 0 radical (unpaired) electrons. The van der Waals surface area contributed by atoms with Crippen LogP contribution in [0.15, 0.2) is 25.8 Å². The molecule has 22 heavy (non-hydrogen) atoms. The molecule has 0 amide bonds. The molecule has 0 spiro atoms. The Labute approximate surface area is 128 Å². The average Bonchev–Trinajstić information content (AvgIpc) is 2.39. The van der Waals surface area contributed by atoms with Gasteiger partial charge in [0.15, 0.2) is 11.4 Å². The molecule has 0 aromatic rings. The van der Waals surface area contributed by atoms with Crippen LogP contribution < -0.4 is 0 Å². The van der Waals surface area contributed by atoms with Crippen LogP contribution in [0.2, 0.25) is 19.6 Å². The second-order valence-corrected chi connectivity index (χ2v) is 10.7. The monoisotopic (exact) mass is 332 g/mol. The molecule has 3 N–H and O–H groups in total. The van der Waals surface area contributed by atoms with Crippen LogP contribution in [0.3, 0.4) is 0 Å². The predicted molar refractivity (Wildman–Crippen MR) is 78.2 cm³/mol. The molecule has 12 heteroatoms. The number of hydrogen-bond acceptors (Lipinski definition) is 10. The summed E-state index contributed by atoms with van der Waals surface area (Å²) >= 11 is 0. The van der Waals surface area contributed by atoms with Gasteiger partial charge in [0, 0.05) is 6.42 Å². The van der Waals surface area contributed by atoms with Gasteiger partial charge in [0.05, 0.1) is 10.6 Å². The third-order valence-corrected chi connectivity index (χ3v) is 3.68. The minimum Gasteiger partial charge on any atom is -0.533 e. The summed E-state index contributed by atoms with van der Waals surface area (Å²) < 4.78 is 5.86. The van der Waals surface area contributed by atoms with Crippen LogP contribution in [-0.2, 0) is 14.4 Å². The van der Waals surface area contributed by atoms with E-state index in [-0.39, 0.29) is 18.2 Å². The fourth-order valence-electron chi connectivity index (χ4n) is 1.97. The van der Waals surface area contributed by atoms with Gasteiger partial charge >= 0.3 is 0 Å². The van der Waals surface area contributed by atoms with Crippen molar-refractivity contribution in [2.24, 2.45) is 25.8 Å².